The van der Waals surface area contributed by atoms with Gasteiger partial charge in [0.1, 0.15) is 17.7 Å². The monoisotopic (exact) mass is 203 g/mol. The highest BCUT2D eigenvalue weighted by Crippen LogP contribution is 2.16. The summed E-state index contributed by atoms with van der Waals surface area (Å²) in [7, 11) is 0. The molecular formula is C11H13N3O. The van der Waals surface area contributed by atoms with E-state index in [0.29, 0.717) is 11.4 Å². The first kappa shape index (κ1) is 9.94. The molecule has 0 bridgehead atoms. The van der Waals surface area contributed by atoms with Gasteiger partial charge in [-0.15, -0.1) is 0 Å². The van der Waals surface area contributed by atoms with Crippen molar-refractivity contribution in [2.45, 2.75) is 18.9 Å². The molecule has 4 nitrogen and oxygen atoms in total. The first-order valence-corrected chi connectivity index (χ1v) is 5.12. The first-order chi connectivity index (χ1) is 7.40. The van der Waals surface area contributed by atoms with Crippen molar-refractivity contribution in [3.8, 4) is 11.9 Å². The third-order valence-electron chi connectivity index (χ3n) is 2.42. The molecular weight excluding hydrogens is 190 g/mol. The van der Waals surface area contributed by atoms with Crippen LogP contribution in [0.2, 0.25) is 0 Å². The Morgan fingerprint density at radius 2 is 2.53 bits per heavy atom. The molecule has 1 aromatic heterocycles. The maximum Gasteiger partial charge on any atom is 0.231 e. The summed E-state index contributed by atoms with van der Waals surface area (Å²) in [5.74, 6) is 0.452. The molecule has 1 aromatic rings. The van der Waals surface area contributed by atoms with Crippen molar-refractivity contribution in [1.82, 2.24) is 10.3 Å². The van der Waals surface area contributed by atoms with Gasteiger partial charge in [0.25, 0.3) is 0 Å². The average molecular weight is 203 g/mol. The van der Waals surface area contributed by atoms with Gasteiger partial charge in [-0.05, 0) is 31.5 Å². The van der Waals surface area contributed by atoms with Gasteiger partial charge < -0.3 is 10.1 Å². The van der Waals surface area contributed by atoms with E-state index in [2.05, 4.69) is 16.4 Å². The second-order valence-corrected chi connectivity index (χ2v) is 3.55. The molecule has 1 aliphatic rings. The molecule has 1 N–H and O–H groups in total. The second-order valence-electron chi connectivity index (χ2n) is 3.55. The zero-order valence-electron chi connectivity index (χ0n) is 8.44. The summed E-state index contributed by atoms with van der Waals surface area (Å²) in [6, 6.07) is 5.54. The van der Waals surface area contributed by atoms with Crippen molar-refractivity contribution < 1.29 is 4.74 Å². The quantitative estimate of drug-likeness (QED) is 0.781. The zero-order valence-corrected chi connectivity index (χ0v) is 8.44. The van der Waals surface area contributed by atoms with Crippen LogP contribution >= 0.6 is 0 Å². The molecule has 2 heterocycles. The lowest BCUT2D eigenvalue weighted by Gasteiger charge is -2.23. The number of nitriles is 1. The highest BCUT2D eigenvalue weighted by atomic mass is 16.5. The lowest BCUT2D eigenvalue weighted by Crippen LogP contribution is -2.37. The van der Waals surface area contributed by atoms with E-state index < -0.39 is 0 Å². The molecule has 1 saturated heterocycles. The highest BCUT2D eigenvalue weighted by Gasteiger charge is 2.16. The molecule has 1 fully saturated rings. The van der Waals surface area contributed by atoms with Gasteiger partial charge in [0.2, 0.25) is 5.88 Å². The Kier molecular flexibility index (Phi) is 3.15. The Labute approximate surface area is 88.9 Å². The number of hydrogen-bond donors (Lipinski definition) is 1. The Hall–Kier alpha value is -1.60. The van der Waals surface area contributed by atoms with Gasteiger partial charge in [-0.2, -0.15) is 5.26 Å². The second kappa shape index (κ2) is 4.76. The molecule has 78 valence electrons. The van der Waals surface area contributed by atoms with Gasteiger partial charge >= 0.3 is 0 Å². The average Bonchev–Trinajstić information content (AvgIpc) is 2.31. The Morgan fingerprint density at radius 1 is 1.60 bits per heavy atom. The van der Waals surface area contributed by atoms with Crippen LogP contribution in [0.15, 0.2) is 18.3 Å². The summed E-state index contributed by atoms with van der Waals surface area (Å²) in [5.41, 5.74) is 0.503. The van der Waals surface area contributed by atoms with E-state index in [4.69, 9.17) is 10.00 Å². The predicted molar refractivity (Wildman–Crippen MR) is 55.5 cm³/mol. The van der Waals surface area contributed by atoms with Crippen LogP contribution in [0.4, 0.5) is 0 Å². The van der Waals surface area contributed by atoms with Gasteiger partial charge in [0.05, 0.1) is 0 Å². The highest BCUT2D eigenvalue weighted by molar-refractivity contribution is 5.37. The minimum Gasteiger partial charge on any atom is -0.472 e. The number of aromatic nitrogens is 1. The third-order valence-corrected chi connectivity index (χ3v) is 2.42. The first-order valence-electron chi connectivity index (χ1n) is 5.12. The van der Waals surface area contributed by atoms with Crippen molar-refractivity contribution in [3.63, 3.8) is 0 Å². The van der Waals surface area contributed by atoms with Crippen LogP contribution in [-0.2, 0) is 0 Å². The van der Waals surface area contributed by atoms with E-state index in [0.717, 1.165) is 25.9 Å². The van der Waals surface area contributed by atoms with E-state index in [1.807, 2.05) is 0 Å². The molecule has 1 unspecified atom stereocenters. The van der Waals surface area contributed by atoms with Crippen LogP contribution in [0.5, 0.6) is 5.88 Å². The maximum absolute atomic E-state index is 8.86. The van der Waals surface area contributed by atoms with E-state index in [1.165, 1.54) is 0 Å². The maximum atomic E-state index is 8.86. The number of nitrogens with zero attached hydrogens (tertiary/aromatic N) is 2. The Bertz CT molecular complexity index is 366. The fraction of sp³-hybridized carbons (Fsp3) is 0.455. The summed E-state index contributed by atoms with van der Waals surface area (Å²) in [5, 5.41) is 12.1. The molecule has 1 aliphatic heterocycles. The zero-order chi connectivity index (χ0) is 10.5. The third kappa shape index (κ3) is 2.45. The van der Waals surface area contributed by atoms with Crippen molar-refractivity contribution in [3.05, 3.63) is 23.9 Å². The number of nitrogens with one attached hydrogen (secondary N) is 1. The molecule has 0 saturated carbocycles. The lowest BCUT2D eigenvalue weighted by atomic mass is 10.1. The Morgan fingerprint density at radius 3 is 3.27 bits per heavy atom. The number of hydrogen-bond acceptors (Lipinski definition) is 4. The standard InChI is InChI=1S/C11H13N3O/c12-7-9-3-1-6-14-11(9)15-10-4-2-5-13-8-10/h1,3,6,10,13H,2,4-5,8H2. The minimum absolute atomic E-state index is 0.140. The van der Waals surface area contributed by atoms with E-state index in [-0.39, 0.29) is 6.10 Å². The topological polar surface area (TPSA) is 57.9 Å². The van der Waals surface area contributed by atoms with Gasteiger partial charge in [-0.1, -0.05) is 0 Å². The fourth-order valence-electron chi connectivity index (χ4n) is 1.65. The molecule has 0 amide bonds. The number of pyridine rings is 1. The van der Waals surface area contributed by atoms with E-state index in [9.17, 15) is 0 Å². The number of piperidine rings is 1. The van der Waals surface area contributed by atoms with Crippen LogP contribution in [0.25, 0.3) is 0 Å². The summed E-state index contributed by atoms with van der Waals surface area (Å²) in [4.78, 5) is 4.07. The molecule has 0 radical (unpaired) electrons. The molecule has 0 aliphatic carbocycles. The van der Waals surface area contributed by atoms with Crippen LogP contribution in [0.3, 0.4) is 0 Å². The number of ether oxygens (including phenoxy) is 1. The minimum atomic E-state index is 0.140. The molecule has 15 heavy (non-hydrogen) atoms. The molecule has 0 aromatic carbocycles. The van der Waals surface area contributed by atoms with Gasteiger partial charge in [0.15, 0.2) is 0 Å². The fourth-order valence-corrected chi connectivity index (χ4v) is 1.65. The van der Waals surface area contributed by atoms with Crippen LogP contribution < -0.4 is 10.1 Å². The molecule has 1 atom stereocenters. The Balaban J connectivity index is 2.06. The van der Waals surface area contributed by atoms with Crippen LogP contribution in [0, 0.1) is 11.3 Å². The molecule has 0 spiro atoms. The predicted octanol–water partition coefficient (Wildman–Crippen LogP) is 1.08. The smallest absolute Gasteiger partial charge is 0.231 e. The summed E-state index contributed by atoms with van der Waals surface area (Å²) >= 11 is 0. The summed E-state index contributed by atoms with van der Waals surface area (Å²) < 4.78 is 5.68. The van der Waals surface area contributed by atoms with Gasteiger partial charge in [0, 0.05) is 12.7 Å². The SMILES string of the molecule is N#Cc1cccnc1OC1CCCNC1. The summed E-state index contributed by atoms with van der Waals surface area (Å²) in [6.45, 7) is 1.88. The van der Waals surface area contributed by atoms with Crippen LogP contribution in [-0.4, -0.2) is 24.2 Å². The van der Waals surface area contributed by atoms with E-state index in [1.54, 1.807) is 18.3 Å². The molecule has 2 rings (SSSR count). The number of rotatable bonds is 2. The van der Waals surface area contributed by atoms with Crippen molar-refractivity contribution in [2.24, 2.45) is 0 Å². The lowest BCUT2D eigenvalue weighted by molar-refractivity contribution is 0.160. The van der Waals surface area contributed by atoms with Crippen LogP contribution in [0.1, 0.15) is 18.4 Å². The molecule has 4 heteroatoms. The van der Waals surface area contributed by atoms with Crippen molar-refractivity contribution >= 4 is 0 Å². The van der Waals surface area contributed by atoms with Crippen molar-refractivity contribution in [2.75, 3.05) is 13.1 Å². The summed E-state index contributed by atoms with van der Waals surface area (Å²) in [6.07, 6.45) is 3.92. The van der Waals surface area contributed by atoms with E-state index >= 15 is 0 Å². The normalized spacial score (nSPS) is 20.6. The van der Waals surface area contributed by atoms with Gasteiger partial charge in [-0.25, -0.2) is 4.98 Å². The van der Waals surface area contributed by atoms with Gasteiger partial charge in [-0.3, -0.25) is 0 Å². The van der Waals surface area contributed by atoms with Crippen molar-refractivity contribution in [1.29, 1.82) is 5.26 Å². The largest absolute Gasteiger partial charge is 0.472 e.